The van der Waals surface area contributed by atoms with Crippen LogP contribution in [-0.2, 0) is 16.0 Å². The molecule has 0 radical (unpaired) electrons. The lowest BCUT2D eigenvalue weighted by Crippen LogP contribution is -2.28. The quantitative estimate of drug-likeness (QED) is 0.765. The van der Waals surface area contributed by atoms with Crippen molar-refractivity contribution in [3.63, 3.8) is 0 Å². The predicted molar refractivity (Wildman–Crippen MR) is 104 cm³/mol. The molecule has 0 saturated heterocycles. The number of carbonyl (C=O) groups excluding carboxylic acids is 1. The van der Waals surface area contributed by atoms with Gasteiger partial charge in [-0.25, -0.2) is 4.39 Å². The first-order valence-corrected chi connectivity index (χ1v) is 9.64. The Hall–Kier alpha value is -1.81. The molecule has 4 heteroatoms. The summed E-state index contributed by atoms with van der Waals surface area (Å²) in [5, 5.41) is 3.00. The van der Waals surface area contributed by atoms with Crippen LogP contribution in [-0.4, -0.2) is 11.7 Å². The van der Waals surface area contributed by atoms with Crippen molar-refractivity contribution < 1.29 is 9.18 Å². The van der Waals surface area contributed by atoms with E-state index in [2.05, 4.69) is 50.4 Å². The van der Waals surface area contributed by atoms with Gasteiger partial charge in [0.05, 0.1) is 11.8 Å². The minimum absolute atomic E-state index is 0.0336. The van der Waals surface area contributed by atoms with Gasteiger partial charge in [0.1, 0.15) is 5.82 Å². The number of nitrogens with one attached hydrogen (secondary N) is 1. The molecule has 1 atom stereocenters. The lowest BCUT2D eigenvalue weighted by Gasteiger charge is -2.20. The summed E-state index contributed by atoms with van der Waals surface area (Å²) in [5.74, 6) is 0.560. The maximum Gasteiger partial charge on any atom is 0.230 e. The third-order valence-electron chi connectivity index (χ3n) is 4.10. The van der Waals surface area contributed by atoms with Crippen molar-refractivity contribution in [2.75, 3.05) is 5.75 Å². The normalized spacial score (nSPS) is 12.7. The Labute approximate surface area is 154 Å². The van der Waals surface area contributed by atoms with Crippen molar-refractivity contribution >= 4 is 17.7 Å². The number of carbonyl (C=O) groups is 1. The molecule has 0 fully saturated rings. The first kappa shape index (κ1) is 19.5. The molecule has 2 nitrogen and oxygen atoms in total. The van der Waals surface area contributed by atoms with E-state index in [4.69, 9.17) is 0 Å². The SMILES string of the molecule is C[C@@H](NC(=O)CSCc1ccccc1F)c1ccc(C(C)(C)C)cc1. The number of benzene rings is 2. The fraction of sp³-hybridized carbons (Fsp3) is 0.381. The Morgan fingerprint density at radius 1 is 1.12 bits per heavy atom. The molecule has 2 rings (SSSR count). The van der Waals surface area contributed by atoms with Gasteiger partial charge in [0, 0.05) is 5.75 Å². The van der Waals surface area contributed by atoms with Gasteiger partial charge >= 0.3 is 0 Å². The zero-order chi connectivity index (χ0) is 18.4. The molecular weight excluding hydrogens is 333 g/mol. The molecule has 1 N–H and O–H groups in total. The van der Waals surface area contributed by atoms with Crippen LogP contribution < -0.4 is 5.32 Å². The number of hydrogen-bond donors (Lipinski definition) is 1. The van der Waals surface area contributed by atoms with Crippen molar-refractivity contribution in [1.82, 2.24) is 5.32 Å². The summed E-state index contributed by atoms with van der Waals surface area (Å²) in [6.07, 6.45) is 0. The van der Waals surface area contributed by atoms with Crippen molar-refractivity contribution in [3.8, 4) is 0 Å². The summed E-state index contributed by atoms with van der Waals surface area (Å²) in [6, 6.07) is 15.0. The molecule has 0 aliphatic heterocycles. The van der Waals surface area contributed by atoms with Gasteiger partial charge in [0.25, 0.3) is 0 Å². The summed E-state index contributed by atoms with van der Waals surface area (Å²) < 4.78 is 13.5. The highest BCUT2D eigenvalue weighted by Crippen LogP contribution is 2.24. The van der Waals surface area contributed by atoms with Crippen LogP contribution in [0.1, 0.15) is 50.4 Å². The fourth-order valence-electron chi connectivity index (χ4n) is 2.51. The first-order valence-electron chi connectivity index (χ1n) is 8.48. The minimum atomic E-state index is -0.220. The van der Waals surface area contributed by atoms with E-state index in [1.165, 1.54) is 23.4 Å². The average Bonchev–Trinajstić information content (AvgIpc) is 2.56. The van der Waals surface area contributed by atoms with Crippen LogP contribution in [0.15, 0.2) is 48.5 Å². The van der Waals surface area contributed by atoms with Gasteiger partial charge in [-0.15, -0.1) is 11.8 Å². The predicted octanol–water partition coefficient (Wildman–Crippen LogP) is 5.23. The lowest BCUT2D eigenvalue weighted by molar-refractivity contribution is -0.119. The van der Waals surface area contributed by atoms with E-state index in [0.29, 0.717) is 17.1 Å². The zero-order valence-corrected chi connectivity index (χ0v) is 16.1. The molecular formula is C21H26FNOS. The van der Waals surface area contributed by atoms with Crippen LogP contribution in [0.4, 0.5) is 4.39 Å². The highest BCUT2D eigenvalue weighted by Gasteiger charge is 2.15. The summed E-state index contributed by atoms with van der Waals surface area (Å²) in [5.41, 5.74) is 3.11. The second kappa shape index (κ2) is 8.52. The van der Waals surface area contributed by atoms with E-state index < -0.39 is 0 Å². The van der Waals surface area contributed by atoms with Gasteiger partial charge in [-0.1, -0.05) is 63.2 Å². The van der Waals surface area contributed by atoms with E-state index >= 15 is 0 Å². The second-order valence-electron chi connectivity index (χ2n) is 7.25. The number of rotatable bonds is 6. The van der Waals surface area contributed by atoms with Crippen LogP contribution in [0.3, 0.4) is 0 Å². The molecule has 25 heavy (non-hydrogen) atoms. The fourth-order valence-corrected chi connectivity index (χ4v) is 3.33. The highest BCUT2D eigenvalue weighted by atomic mass is 32.2. The average molecular weight is 360 g/mol. The molecule has 0 heterocycles. The third-order valence-corrected chi connectivity index (χ3v) is 5.08. The molecule has 0 aliphatic rings. The Bertz CT molecular complexity index is 707. The van der Waals surface area contributed by atoms with Gasteiger partial charge in [-0.3, -0.25) is 4.79 Å². The van der Waals surface area contributed by atoms with Gasteiger partial charge in [-0.05, 0) is 35.1 Å². The number of amides is 1. The van der Waals surface area contributed by atoms with Crippen LogP contribution >= 0.6 is 11.8 Å². The first-order chi connectivity index (χ1) is 11.8. The van der Waals surface area contributed by atoms with Gasteiger partial charge < -0.3 is 5.32 Å². The summed E-state index contributed by atoms with van der Waals surface area (Å²) in [7, 11) is 0. The third kappa shape index (κ3) is 5.89. The molecule has 2 aromatic rings. The molecule has 0 spiro atoms. The van der Waals surface area contributed by atoms with Crippen LogP contribution in [0, 0.1) is 5.82 Å². The Balaban J connectivity index is 1.82. The molecule has 0 unspecified atom stereocenters. The van der Waals surface area contributed by atoms with Crippen molar-refractivity contribution in [2.24, 2.45) is 0 Å². The van der Waals surface area contributed by atoms with E-state index in [9.17, 15) is 9.18 Å². The molecule has 2 aromatic carbocycles. The van der Waals surface area contributed by atoms with Crippen LogP contribution in [0.5, 0.6) is 0 Å². The van der Waals surface area contributed by atoms with E-state index in [1.807, 2.05) is 13.0 Å². The Morgan fingerprint density at radius 2 is 1.76 bits per heavy atom. The minimum Gasteiger partial charge on any atom is -0.349 e. The Kier molecular flexibility index (Phi) is 6.65. The Morgan fingerprint density at radius 3 is 2.36 bits per heavy atom. The van der Waals surface area contributed by atoms with E-state index in [1.54, 1.807) is 12.1 Å². The highest BCUT2D eigenvalue weighted by molar-refractivity contribution is 7.99. The van der Waals surface area contributed by atoms with Crippen LogP contribution in [0.2, 0.25) is 0 Å². The molecule has 134 valence electrons. The zero-order valence-electron chi connectivity index (χ0n) is 15.3. The van der Waals surface area contributed by atoms with Crippen molar-refractivity contribution in [3.05, 3.63) is 71.0 Å². The van der Waals surface area contributed by atoms with E-state index in [0.717, 1.165) is 5.56 Å². The molecule has 1 amide bonds. The van der Waals surface area contributed by atoms with Gasteiger partial charge in [-0.2, -0.15) is 0 Å². The maximum atomic E-state index is 13.5. The van der Waals surface area contributed by atoms with Crippen LogP contribution in [0.25, 0.3) is 0 Å². The second-order valence-corrected chi connectivity index (χ2v) is 8.23. The van der Waals surface area contributed by atoms with Crippen molar-refractivity contribution in [2.45, 2.75) is 44.9 Å². The van der Waals surface area contributed by atoms with Gasteiger partial charge in [0.2, 0.25) is 5.91 Å². The standard InChI is InChI=1S/C21H26FNOS/c1-15(16-9-11-18(12-10-16)21(2,3)4)23-20(24)14-25-13-17-7-5-6-8-19(17)22/h5-12,15H,13-14H2,1-4H3,(H,23,24)/t15-/m1/s1. The molecule has 0 aromatic heterocycles. The molecule has 0 saturated carbocycles. The summed E-state index contributed by atoms with van der Waals surface area (Å²) in [4.78, 5) is 12.1. The topological polar surface area (TPSA) is 29.1 Å². The summed E-state index contributed by atoms with van der Waals surface area (Å²) >= 11 is 1.42. The number of halogens is 1. The summed E-state index contributed by atoms with van der Waals surface area (Å²) in [6.45, 7) is 8.52. The monoisotopic (exact) mass is 359 g/mol. The molecule has 0 bridgehead atoms. The largest absolute Gasteiger partial charge is 0.349 e. The van der Waals surface area contributed by atoms with Crippen molar-refractivity contribution in [1.29, 1.82) is 0 Å². The van der Waals surface area contributed by atoms with Gasteiger partial charge in [0.15, 0.2) is 0 Å². The lowest BCUT2D eigenvalue weighted by atomic mass is 9.86. The molecule has 0 aliphatic carbocycles. The van der Waals surface area contributed by atoms with E-state index in [-0.39, 0.29) is 23.2 Å². The number of thioether (sulfide) groups is 1. The smallest absolute Gasteiger partial charge is 0.230 e. The number of hydrogen-bond acceptors (Lipinski definition) is 2. The maximum absolute atomic E-state index is 13.5.